The third kappa shape index (κ3) is 2.31. The number of hydrogen-bond acceptors (Lipinski definition) is 2. The molecule has 3 rings (SSSR count). The minimum absolute atomic E-state index is 0.00179. The Balaban J connectivity index is 1.88. The van der Waals surface area contributed by atoms with Gasteiger partial charge in [0.25, 0.3) is 5.91 Å². The first-order chi connectivity index (χ1) is 9.66. The highest BCUT2D eigenvalue weighted by molar-refractivity contribution is 6.33. The summed E-state index contributed by atoms with van der Waals surface area (Å²) in [6, 6.07) is 9.96. The van der Waals surface area contributed by atoms with Crippen molar-refractivity contribution < 1.29 is 4.79 Å². The molecule has 0 bridgehead atoms. The van der Waals surface area contributed by atoms with Crippen LogP contribution < -0.4 is 0 Å². The Bertz CT molecular complexity index is 632. The van der Waals surface area contributed by atoms with E-state index in [0.29, 0.717) is 23.0 Å². The van der Waals surface area contributed by atoms with E-state index < -0.39 is 0 Å². The Morgan fingerprint density at radius 3 is 2.60 bits per heavy atom. The molecule has 1 saturated heterocycles. The number of nitrogens with zero attached hydrogens (tertiary/aromatic N) is 3. The number of rotatable bonds is 3. The normalized spacial score (nSPS) is 14.2. The number of halogens is 1. The zero-order valence-corrected chi connectivity index (χ0v) is 12.1. The summed E-state index contributed by atoms with van der Waals surface area (Å²) in [6.07, 6.45) is 1.07. The minimum Gasteiger partial charge on any atom is -0.338 e. The van der Waals surface area contributed by atoms with Crippen LogP contribution in [0.1, 0.15) is 28.0 Å². The van der Waals surface area contributed by atoms with Crippen LogP contribution in [-0.2, 0) is 6.54 Å². The van der Waals surface area contributed by atoms with Gasteiger partial charge in [-0.15, -0.1) is 0 Å². The van der Waals surface area contributed by atoms with E-state index in [2.05, 4.69) is 5.10 Å². The molecule has 4 nitrogen and oxygen atoms in total. The molecule has 0 aliphatic carbocycles. The van der Waals surface area contributed by atoms with Gasteiger partial charge in [-0.3, -0.25) is 4.79 Å². The van der Waals surface area contributed by atoms with Gasteiger partial charge in [-0.25, -0.2) is 4.68 Å². The van der Waals surface area contributed by atoms with Crippen LogP contribution in [0.2, 0.25) is 5.15 Å². The minimum atomic E-state index is -0.00179. The van der Waals surface area contributed by atoms with Gasteiger partial charge in [0.15, 0.2) is 0 Å². The fraction of sp³-hybridized carbons (Fsp3) is 0.333. The third-order valence-corrected chi connectivity index (χ3v) is 3.98. The maximum atomic E-state index is 12.3. The molecule has 1 aliphatic heterocycles. The quantitative estimate of drug-likeness (QED) is 0.871. The Morgan fingerprint density at radius 2 is 2.00 bits per heavy atom. The highest BCUT2D eigenvalue weighted by Gasteiger charge is 2.28. The lowest BCUT2D eigenvalue weighted by Gasteiger charge is -2.30. The van der Waals surface area contributed by atoms with Gasteiger partial charge in [-0.2, -0.15) is 5.10 Å². The van der Waals surface area contributed by atoms with Crippen LogP contribution in [0.25, 0.3) is 0 Å². The molecule has 104 valence electrons. The first-order valence-electron chi connectivity index (χ1n) is 6.73. The van der Waals surface area contributed by atoms with Gasteiger partial charge in [-0.05, 0) is 18.9 Å². The van der Waals surface area contributed by atoms with Crippen molar-refractivity contribution in [1.82, 2.24) is 14.7 Å². The standard InChI is InChI=1S/C15H16ClN3O/c1-11-13(15(20)18-8-5-9-18)14(16)19(17-11)10-12-6-3-2-4-7-12/h2-4,6-7H,5,8-10H2,1H3. The molecule has 1 fully saturated rings. The second-order valence-electron chi connectivity index (χ2n) is 5.04. The van der Waals surface area contributed by atoms with E-state index >= 15 is 0 Å². The number of aromatic nitrogens is 2. The van der Waals surface area contributed by atoms with E-state index in [1.807, 2.05) is 42.2 Å². The van der Waals surface area contributed by atoms with Crippen LogP contribution in [-0.4, -0.2) is 33.7 Å². The molecule has 1 aromatic heterocycles. The maximum absolute atomic E-state index is 12.3. The number of likely N-dealkylation sites (tertiary alicyclic amines) is 1. The van der Waals surface area contributed by atoms with Crippen LogP contribution >= 0.6 is 11.6 Å². The predicted octanol–water partition coefficient (Wildman–Crippen LogP) is 2.74. The molecule has 1 aliphatic rings. The summed E-state index contributed by atoms with van der Waals surface area (Å²) in [5.74, 6) is -0.00179. The number of hydrogen-bond donors (Lipinski definition) is 0. The van der Waals surface area contributed by atoms with E-state index in [1.54, 1.807) is 4.68 Å². The molecule has 0 unspecified atom stereocenters. The van der Waals surface area contributed by atoms with Gasteiger partial charge < -0.3 is 4.90 Å². The Labute approximate surface area is 123 Å². The summed E-state index contributed by atoms with van der Waals surface area (Å²) in [7, 11) is 0. The second-order valence-corrected chi connectivity index (χ2v) is 5.40. The largest absolute Gasteiger partial charge is 0.338 e. The molecule has 2 heterocycles. The van der Waals surface area contributed by atoms with Crippen LogP contribution in [0.5, 0.6) is 0 Å². The molecule has 0 saturated carbocycles. The van der Waals surface area contributed by atoms with Crippen LogP contribution in [0.3, 0.4) is 0 Å². The van der Waals surface area contributed by atoms with Gasteiger partial charge in [0.1, 0.15) is 5.15 Å². The topological polar surface area (TPSA) is 38.1 Å². The highest BCUT2D eigenvalue weighted by atomic mass is 35.5. The summed E-state index contributed by atoms with van der Waals surface area (Å²) in [4.78, 5) is 14.1. The Hall–Kier alpha value is -1.81. The lowest BCUT2D eigenvalue weighted by Crippen LogP contribution is -2.42. The number of benzene rings is 1. The van der Waals surface area contributed by atoms with Crippen LogP contribution in [0.15, 0.2) is 30.3 Å². The van der Waals surface area contributed by atoms with Gasteiger partial charge in [-0.1, -0.05) is 41.9 Å². The van der Waals surface area contributed by atoms with Gasteiger partial charge in [0, 0.05) is 13.1 Å². The molecular formula is C15H16ClN3O. The lowest BCUT2D eigenvalue weighted by atomic mass is 10.1. The highest BCUT2D eigenvalue weighted by Crippen LogP contribution is 2.24. The summed E-state index contributed by atoms with van der Waals surface area (Å²) in [5, 5.41) is 4.84. The average molecular weight is 290 g/mol. The summed E-state index contributed by atoms with van der Waals surface area (Å²) >= 11 is 6.35. The lowest BCUT2D eigenvalue weighted by molar-refractivity contribution is 0.0651. The van der Waals surface area contributed by atoms with Crippen molar-refractivity contribution in [2.24, 2.45) is 0 Å². The molecule has 2 aromatic rings. The Kier molecular flexibility index (Phi) is 3.49. The van der Waals surface area contributed by atoms with Crippen molar-refractivity contribution in [1.29, 1.82) is 0 Å². The fourth-order valence-corrected chi connectivity index (χ4v) is 2.65. The maximum Gasteiger partial charge on any atom is 0.258 e. The van der Waals surface area contributed by atoms with E-state index in [-0.39, 0.29) is 5.91 Å². The summed E-state index contributed by atoms with van der Waals surface area (Å²) in [5.41, 5.74) is 2.35. The van der Waals surface area contributed by atoms with Crippen molar-refractivity contribution in [3.8, 4) is 0 Å². The number of carbonyl (C=O) groups is 1. The number of amides is 1. The van der Waals surface area contributed by atoms with Crippen molar-refractivity contribution in [2.45, 2.75) is 19.9 Å². The van der Waals surface area contributed by atoms with Gasteiger partial charge in [0.2, 0.25) is 0 Å². The van der Waals surface area contributed by atoms with Crippen molar-refractivity contribution >= 4 is 17.5 Å². The fourth-order valence-electron chi connectivity index (χ4n) is 2.33. The predicted molar refractivity (Wildman–Crippen MR) is 78.0 cm³/mol. The molecule has 1 aromatic carbocycles. The number of carbonyl (C=O) groups excluding carboxylic acids is 1. The Morgan fingerprint density at radius 1 is 1.30 bits per heavy atom. The summed E-state index contributed by atoms with van der Waals surface area (Å²) < 4.78 is 1.69. The zero-order chi connectivity index (χ0) is 14.1. The molecule has 1 amide bonds. The molecular weight excluding hydrogens is 274 g/mol. The van der Waals surface area contributed by atoms with E-state index in [1.165, 1.54) is 0 Å². The third-order valence-electron chi connectivity index (χ3n) is 3.60. The molecule has 5 heteroatoms. The molecule has 0 N–H and O–H groups in total. The van der Waals surface area contributed by atoms with E-state index in [0.717, 1.165) is 25.1 Å². The molecule has 20 heavy (non-hydrogen) atoms. The number of aryl methyl sites for hydroxylation is 1. The first kappa shape index (κ1) is 13.2. The molecule has 0 atom stereocenters. The van der Waals surface area contributed by atoms with Gasteiger partial charge >= 0.3 is 0 Å². The van der Waals surface area contributed by atoms with E-state index in [9.17, 15) is 4.79 Å². The van der Waals surface area contributed by atoms with Gasteiger partial charge in [0.05, 0.1) is 17.8 Å². The smallest absolute Gasteiger partial charge is 0.258 e. The SMILES string of the molecule is Cc1nn(Cc2ccccc2)c(Cl)c1C(=O)N1CCC1. The summed E-state index contributed by atoms with van der Waals surface area (Å²) in [6.45, 7) is 4.05. The van der Waals surface area contributed by atoms with Crippen molar-refractivity contribution in [3.63, 3.8) is 0 Å². The van der Waals surface area contributed by atoms with Crippen molar-refractivity contribution in [3.05, 3.63) is 52.3 Å². The van der Waals surface area contributed by atoms with E-state index in [4.69, 9.17) is 11.6 Å². The van der Waals surface area contributed by atoms with Crippen molar-refractivity contribution in [2.75, 3.05) is 13.1 Å². The van der Waals surface area contributed by atoms with Crippen LogP contribution in [0.4, 0.5) is 0 Å². The average Bonchev–Trinajstić information content (AvgIpc) is 2.63. The zero-order valence-electron chi connectivity index (χ0n) is 11.3. The molecule has 0 spiro atoms. The first-order valence-corrected chi connectivity index (χ1v) is 7.10. The second kappa shape index (κ2) is 5.29. The molecule has 0 radical (unpaired) electrons. The van der Waals surface area contributed by atoms with Crippen LogP contribution in [0, 0.1) is 6.92 Å². The monoisotopic (exact) mass is 289 g/mol.